The van der Waals surface area contributed by atoms with E-state index in [1.54, 1.807) is 0 Å². The van der Waals surface area contributed by atoms with Gasteiger partial charge in [-0.1, -0.05) is 6.08 Å². The smallest absolute Gasteiger partial charge is 0.0701 e. The van der Waals surface area contributed by atoms with Crippen molar-refractivity contribution in [2.24, 2.45) is 11.7 Å². The van der Waals surface area contributed by atoms with Gasteiger partial charge in [0.05, 0.1) is 5.60 Å². The summed E-state index contributed by atoms with van der Waals surface area (Å²) >= 11 is 2.05. The van der Waals surface area contributed by atoms with Crippen LogP contribution in [-0.4, -0.2) is 29.8 Å². The summed E-state index contributed by atoms with van der Waals surface area (Å²) in [6.07, 6.45) is 7.62. The lowest BCUT2D eigenvalue weighted by atomic mass is 9.78. The molecule has 0 aromatic rings. The van der Waals surface area contributed by atoms with Crippen LogP contribution in [0.25, 0.3) is 0 Å². The van der Waals surface area contributed by atoms with Gasteiger partial charge in [-0.2, -0.15) is 11.8 Å². The second-order valence-electron chi connectivity index (χ2n) is 5.08. The fraction of sp³-hybridized carbons (Fsp3) is 0.846. The van der Waals surface area contributed by atoms with Crippen molar-refractivity contribution in [1.29, 1.82) is 0 Å². The monoisotopic (exact) mass is 241 g/mol. The molecule has 2 aliphatic rings. The molecule has 3 heteroatoms. The number of hydrogen-bond acceptors (Lipinski definition) is 3. The lowest BCUT2D eigenvalue weighted by Crippen LogP contribution is -2.47. The van der Waals surface area contributed by atoms with Crippen LogP contribution >= 0.6 is 11.8 Å². The molecule has 0 aromatic heterocycles. The van der Waals surface area contributed by atoms with E-state index in [1.165, 1.54) is 30.8 Å². The first-order valence-corrected chi connectivity index (χ1v) is 7.49. The lowest BCUT2D eigenvalue weighted by molar-refractivity contribution is -0.105. The molecule has 2 unspecified atom stereocenters. The van der Waals surface area contributed by atoms with Crippen molar-refractivity contribution >= 4 is 11.8 Å². The van der Waals surface area contributed by atoms with E-state index in [4.69, 9.17) is 10.5 Å². The van der Waals surface area contributed by atoms with Gasteiger partial charge in [-0.25, -0.2) is 0 Å². The van der Waals surface area contributed by atoms with E-state index >= 15 is 0 Å². The van der Waals surface area contributed by atoms with E-state index in [0.717, 1.165) is 19.4 Å². The van der Waals surface area contributed by atoms with Gasteiger partial charge in [0.15, 0.2) is 0 Å². The maximum Gasteiger partial charge on any atom is 0.0701 e. The number of rotatable bonds is 3. The van der Waals surface area contributed by atoms with Gasteiger partial charge in [-0.15, -0.1) is 6.58 Å². The van der Waals surface area contributed by atoms with E-state index in [1.807, 2.05) is 6.08 Å². The van der Waals surface area contributed by atoms with Gasteiger partial charge in [0.2, 0.25) is 0 Å². The van der Waals surface area contributed by atoms with Crippen molar-refractivity contribution in [3.05, 3.63) is 12.7 Å². The van der Waals surface area contributed by atoms with Gasteiger partial charge in [0.1, 0.15) is 0 Å². The highest BCUT2D eigenvalue weighted by molar-refractivity contribution is 7.99. The molecule has 2 N–H and O–H groups in total. The molecule has 2 rings (SSSR count). The molecule has 0 aliphatic carbocycles. The Labute approximate surface area is 103 Å². The Hall–Kier alpha value is 0.0100. The molecule has 0 bridgehead atoms. The third-order valence-electron chi connectivity index (χ3n) is 3.98. The van der Waals surface area contributed by atoms with E-state index in [2.05, 4.69) is 18.3 Å². The van der Waals surface area contributed by atoms with E-state index in [0.29, 0.717) is 5.92 Å². The van der Waals surface area contributed by atoms with Crippen molar-refractivity contribution in [2.45, 2.75) is 43.7 Å². The summed E-state index contributed by atoms with van der Waals surface area (Å²) in [6.45, 7) is 4.69. The SMILES string of the molecule is C=CCC(N)C1CCOC2(CCSCC2)C1. The predicted octanol–water partition coefficient (Wildman–Crippen LogP) is 2.58. The van der Waals surface area contributed by atoms with Crippen molar-refractivity contribution in [2.75, 3.05) is 18.1 Å². The second kappa shape index (κ2) is 5.56. The summed E-state index contributed by atoms with van der Waals surface area (Å²) in [7, 11) is 0. The molecule has 0 saturated carbocycles. The summed E-state index contributed by atoms with van der Waals surface area (Å²) in [5.41, 5.74) is 6.39. The van der Waals surface area contributed by atoms with Crippen LogP contribution in [-0.2, 0) is 4.74 Å². The molecule has 2 atom stereocenters. The van der Waals surface area contributed by atoms with Gasteiger partial charge in [0.25, 0.3) is 0 Å². The minimum atomic E-state index is 0.174. The van der Waals surface area contributed by atoms with Crippen LogP contribution in [0.15, 0.2) is 12.7 Å². The minimum absolute atomic E-state index is 0.174. The fourth-order valence-electron chi connectivity index (χ4n) is 2.91. The average Bonchev–Trinajstić information content (AvgIpc) is 2.30. The molecule has 92 valence electrons. The zero-order valence-electron chi connectivity index (χ0n) is 9.99. The maximum absolute atomic E-state index is 6.22. The molecule has 2 saturated heterocycles. The van der Waals surface area contributed by atoms with E-state index in [-0.39, 0.29) is 11.6 Å². The Morgan fingerprint density at radius 2 is 2.25 bits per heavy atom. The molecule has 2 nitrogen and oxygen atoms in total. The third kappa shape index (κ3) is 2.82. The van der Waals surface area contributed by atoms with Crippen molar-refractivity contribution < 1.29 is 4.74 Å². The molecule has 2 heterocycles. The Kier molecular flexibility index (Phi) is 4.34. The molecular formula is C13H23NOS. The molecule has 0 aromatic carbocycles. The molecular weight excluding hydrogens is 218 g/mol. The molecule has 16 heavy (non-hydrogen) atoms. The molecule has 2 fully saturated rings. The summed E-state index contributed by atoms with van der Waals surface area (Å²) in [6, 6.07) is 0.285. The van der Waals surface area contributed by atoms with Gasteiger partial charge in [-0.05, 0) is 49.5 Å². The molecule has 1 spiro atoms. The van der Waals surface area contributed by atoms with Crippen molar-refractivity contribution in [3.8, 4) is 0 Å². The van der Waals surface area contributed by atoms with Crippen LogP contribution in [0, 0.1) is 5.92 Å². The summed E-state index contributed by atoms with van der Waals surface area (Å²) in [5, 5.41) is 0. The normalized spacial score (nSPS) is 31.2. The second-order valence-corrected chi connectivity index (χ2v) is 6.31. The molecule has 0 amide bonds. The van der Waals surface area contributed by atoms with Gasteiger partial charge in [0, 0.05) is 12.6 Å². The first kappa shape index (κ1) is 12.5. The third-order valence-corrected chi connectivity index (χ3v) is 4.97. The minimum Gasteiger partial charge on any atom is -0.375 e. The van der Waals surface area contributed by atoms with Crippen LogP contribution in [0.4, 0.5) is 0 Å². The number of hydrogen-bond donors (Lipinski definition) is 1. The van der Waals surface area contributed by atoms with E-state index < -0.39 is 0 Å². The first-order valence-electron chi connectivity index (χ1n) is 6.34. The lowest BCUT2D eigenvalue weighted by Gasteiger charge is -2.44. The Balaban J connectivity index is 1.94. The Morgan fingerprint density at radius 3 is 2.94 bits per heavy atom. The standard InChI is InChI=1S/C13H23NOS/c1-2-3-12(14)11-4-7-15-13(10-11)5-8-16-9-6-13/h2,11-12H,1,3-10,14H2. The molecule has 2 aliphatic heterocycles. The van der Waals surface area contributed by atoms with Crippen molar-refractivity contribution in [1.82, 2.24) is 0 Å². The van der Waals surface area contributed by atoms with Crippen LogP contribution in [0.1, 0.15) is 32.1 Å². The topological polar surface area (TPSA) is 35.2 Å². The quantitative estimate of drug-likeness (QED) is 0.771. The number of ether oxygens (including phenoxy) is 1. The van der Waals surface area contributed by atoms with Gasteiger partial charge < -0.3 is 10.5 Å². The number of thioether (sulfide) groups is 1. The highest BCUT2D eigenvalue weighted by atomic mass is 32.2. The van der Waals surface area contributed by atoms with E-state index in [9.17, 15) is 0 Å². The van der Waals surface area contributed by atoms with Crippen LogP contribution < -0.4 is 5.73 Å². The summed E-state index contributed by atoms with van der Waals surface area (Å²) in [4.78, 5) is 0. The Morgan fingerprint density at radius 1 is 1.50 bits per heavy atom. The molecule has 0 radical (unpaired) electrons. The summed E-state index contributed by atoms with van der Waals surface area (Å²) in [5.74, 6) is 3.14. The average molecular weight is 241 g/mol. The fourth-order valence-corrected chi connectivity index (χ4v) is 4.14. The maximum atomic E-state index is 6.22. The summed E-state index contributed by atoms with van der Waals surface area (Å²) < 4.78 is 6.07. The largest absolute Gasteiger partial charge is 0.375 e. The van der Waals surface area contributed by atoms with Crippen LogP contribution in [0.5, 0.6) is 0 Å². The zero-order valence-corrected chi connectivity index (χ0v) is 10.8. The van der Waals surface area contributed by atoms with Gasteiger partial charge >= 0.3 is 0 Å². The highest BCUT2D eigenvalue weighted by Gasteiger charge is 2.39. The van der Waals surface area contributed by atoms with Gasteiger partial charge in [-0.3, -0.25) is 0 Å². The first-order chi connectivity index (χ1) is 7.76. The van der Waals surface area contributed by atoms with Crippen LogP contribution in [0.3, 0.4) is 0 Å². The zero-order chi connectivity index (χ0) is 11.4. The Bertz CT molecular complexity index is 233. The number of nitrogens with two attached hydrogens (primary N) is 1. The van der Waals surface area contributed by atoms with Crippen LogP contribution in [0.2, 0.25) is 0 Å². The van der Waals surface area contributed by atoms with Crippen molar-refractivity contribution in [3.63, 3.8) is 0 Å². The highest BCUT2D eigenvalue weighted by Crippen LogP contribution is 2.40. The predicted molar refractivity (Wildman–Crippen MR) is 70.8 cm³/mol.